The Balaban J connectivity index is 1.45. The molecule has 2 aromatic carbocycles. The third kappa shape index (κ3) is 3.61. The van der Waals surface area contributed by atoms with Crippen molar-refractivity contribution in [1.29, 1.82) is 0 Å². The summed E-state index contributed by atoms with van der Waals surface area (Å²) in [5.41, 5.74) is 11.6. The van der Waals surface area contributed by atoms with Crippen molar-refractivity contribution < 1.29 is 14.0 Å². The van der Waals surface area contributed by atoms with Crippen LogP contribution >= 0.6 is 11.3 Å². The van der Waals surface area contributed by atoms with E-state index in [2.05, 4.69) is 22.7 Å². The highest BCUT2D eigenvalue weighted by Gasteiger charge is 2.22. The summed E-state index contributed by atoms with van der Waals surface area (Å²) >= 11 is 1.26. The van der Waals surface area contributed by atoms with E-state index in [4.69, 9.17) is 15.2 Å². The molecule has 0 unspecified atom stereocenters. The minimum Gasteiger partial charge on any atom is -0.397 e. The molecule has 0 aliphatic carbocycles. The Morgan fingerprint density at radius 3 is 2.59 bits per heavy atom. The Bertz CT molecular complexity index is 1440. The second-order valence-corrected chi connectivity index (χ2v) is 8.52. The van der Waals surface area contributed by atoms with E-state index >= 15 is 0 Å². The number of nitrogens with one attached hydrogen (secondary N) is 1. The predicted molar refractivity (Wildman–Crippen MR) is 125 cm³/mol. The summed E-state index contributed by atoms with van der Waals surface area (Å²) in [6, 6.07) is 19.7. The highest BCUT2D eigenvalue weighted by Crippen LogP contribution is 2.36. The minimum absolute atomic E-state index is 0.222. The van der Waals surface area contributed by atoms with Gasteiger partial charge in [-0.2, -0.15) is 0 Å². The molecule has 0 fully saturated rings. The molecule has 0 atom stereocenters. The van der Waals surface area contributed by atoms with Crippen LogP contribution in [-0.2, 0) is 0 Å². The van der Waals surface area contributed by atoms with Gasteiger partial charge in [0.1, 0.15) is 9.71 Å². The highest BCUT2D eigenvalue weighted by molar-refractivity contribution is 7.21. The molecule has 5 aromatic rings. The monoisotopic (exact) mass is 442 g/mol. The predicted octanol–water partition coefficient (Wildman–Crippen LogP) is 4.68. The number of anilines is 2. The van der Waals surface area contributed by atoms with Crippen molar-refractivity contribution in [2.45, 2.75) is 13.8 Å². The standard InChI is InChI=1S/C24H19N5O2S/c1-14-8-10-16(11-9-14)21-15(2)12-18-20(25)22(32-24(18)27-21)23(30)26-19-13-29(28-31-19)17-6-4-3-5-7-17/h3-13H,1-2H3,(H2-,25,26,28,30)/p+1. The van der Waals surface area contributed by atoms with E-state index in [1.165, 1.54) is 16.9 Å². The number of carbonyl (C=O) groups is 1. The summed E-state index contributed by atoms with van der Waals surface area (Å²) in [6.07, 6.45) is 1.61. The van der Waals surface area contributed by atoms with Crippen molar-refractivity contribution >= 4 is 39.0 Å². The van der Waals surface area contributed by atoms with Crippen LogP contribution in [0.5, 0.6) is 0 Å². The number of aromatic nitrogens is 3. The maximum absolute atomic E-state index is 12.9. The number of rotatable bonds is 4. The number of pyridine rings is 1. The molecular weight excluding hydrogens is 422 g/mol. The highest BCUT2D eigenvalue weighted by atomic mass is 32.1. The van der Waals surface area contributed by atoms with Gasteiger partial charge in [-0.3, -0.25) is 14.6 Å². The Labute approximate surface area is 188 Å². The van der Waals surface area contributed by atoms with Gasteiger partial charge in [0.05, 0.1) is 11.4 Å². The van der Waals surface area contributed by atoms with Crippen LogP contribution in [0.1, 0.15) is 20.8 Å². The SMILES string of the molecule is Cc1ccc(-c2nc3sc(C(=O)Nc4c[n+](-c5ccccc5)no4)c(N)c3cc2C)cc1. The quantitative estimate of drug-likeness (QED) is 0.394. The lowest BCUT2D eigenvalue weighted by Gasteiger charge is -2.06. The van der Waals surface area contributed by atoms with Gasteiger partial charge in [-0.1, -0.05) is 48.0 Å². The van der Waals surface area contributed by atoms with Crippen molar-refractivity contribution in [1.82, 2.24) is 10.3 Å². The van der Waals surface area contributed by atoms with Crippen LogP contribution in [0.15, 0.2) is 71.4 Å². The molecule has 0 aliphatic rings. The molecule has 0 radical (unpaired) electrons. The van der Waals surface area contributed by atoms with Gasteiger partial charge < -0.3 is 5.73 Å². The number of nitrogen functional groups attached to an aromatic ring is 1. The van der Waals surface area contributed by atoms with E-state index in [0.717, 1.165) is 27.9 Å². The zero-order chi connectivity index (χ0) is 22.2. The first kappa shape index (κ1) is 19.9. The normalized spacial score (nSPS) is 11.1. The molecular formula is C24H20N5O2S+. The number of aryl methyl sites for hydroxylation is 2. The average molecular weight is 443 g/mol. The van der Waals surface area contributed by atoms with E-state index in [-0.39, 0.29) is 11.8 Å². The Morgan fingerprint density at radius 2 is 1.84 bits per heavy atom. The molecule has 0 bridgehead atoms. The minimum atomic E-state index is -0.364. The Kier molecular flexibility index (Phi) is 4.91. The summed E-state index contributed by atoms with van der Waals surface area (Å²) < 4.78 is 6.80. The molecule has 0 spiro atoms. The number of fused-ring (bicyclic) bond motifs is 1. The van der Waals surface area contributed by atoms with Crippen LogP contribution < -0.4 is 15.7 Å². The van der Waals surface area contributed by atoms with Gasteiger partial charge in [0, 0.05) is 23.1 Å². The lowest BCUT2D eigenvalue weighted by molar-refractivity contribution is -0.670. The fourth-order valence-corrected chi connectivity index (χ4v) is 4.46. The summed E-state index contributed by atoms with van der Waals surface area (Å²) in [5, 5.41) is 7.45. The Morgan fingerprint density at radius 1 is 1.09 bits per heavy atom. The number of thiophene rings is 1. The number of carbonyl (C=O) groups excluding carboxylic acids is 1. The third-order valence-corrected chi connectivity index (χ3v) is 6.28. The lowest BCUT2D eigenvalue weighted by atomic mass is 10.0. The number of nitrogens with two attached hydrogens (primary N) is 1. The first-order chi connectivity index (χ1) is 15.5. The van der Waals surface area contributed by atoms with Gasteiger partial charge in [-0.05, 0) is 30.2 Å². The molecule has 5 rings (SSSR count). The number of hydrogen-bond donors (Lipinski definition) is 2. The van der Waals surface area contributed by atoms with Gasteiger partial charge in [-0.25, -0.2) is 4.98 Å². The van der Waals surface area contributed by atoms with Gasteiger partial charge in [0.25, 0.3) is 12.1 Å². The molecule has 7 nitrogen and oxygen atoms in total. The molecule has 3 N–H and O–H groups in total. The van der Waals surface area contributed by atoms with Crippen LogP contribution in [0.3, 0.4) is 0 Å². The maximum Gasteiger partial charge on any atom is 0.303 e. The van der Waals surface area contributed by atoms with Crippen molar-refractivity contribution in [3.8, 4) is 16.9 Å². The topological polar surface area (TPSA) is 97.9 Å². The molecule has 158 valence electrons. The molecule has 8 heteroatoms. The fraction of sp³-hybridized carbons (Fsp3) is 0.0833. The smallest absolute Gasteiger partial charge is 0.303 e. The second-order valence-electron chi connectivity index (χ2n) is 7.52. The number of nitrogens with zero attached hydrogens (tertiary/aromatic N) is 3. The zero-order valence-electron chi connectivity index (χ0n) is 17.5. The number of amides is 1. The van der Waals surface area contributed by atoms with Gasteiger partial charge in [0.2, 0.25) is 11.0 Å². The second kappa shape index (κ2) is 7.90. The first-order valence-corrected chi connectivity index (χ1v) is 10.8. The maximum atomic E-state index is 12.9. The van der Waals surface area contributed by atoms with E-state index in [9.17, 15) is 4.79 Å². The molecule has 1 amide bonds. The van der Waals surface area contributed by atoms with Crippen molar-refractivity contribution in [3.05, 3.63) is 82.9 Å². The largest absolute Gasteiger partial charge is 0.397 e. The molecule has 32 heavy (non-hydrogen) atoms. The molecule has 0 saturated carbocycles. The summed E-state index contributed by atoms with van der Waals surface area (Å²) in [5.74, 6) is -0.142. The van der Waals surface area contributed by atoms with Crippen LogP contribution in [0, 0.1) is 13.8 Å². The van der Waals surface area contributed by atoms with Crippen molar-refractivity contribution in [2.75, 3.05) is 11.1 Å². The van der Waals surface area contributed by atoms with E-state index in [0.29, 0.717) is 15.4 Å². The van der Waals surface area contributed by atoms with E-state index in [1.54, 1.807) is 10.9 Å². The first-order valence-electron chi connectivity index (χ1n) is 10.0. The zero-order valence-corrected chi connectivity index (χ0v) is 18.3. The molecule has 0 aliphatic heterocycles. The van der Waals surface area contributed by atoms with E-state index in [1.807, 2.05) is 62.4 Å². The summed E-state index contributed by atoms with van der Waals surface area (Å²) in [4.78, 5) is 18.8. The molecule has 3 aromatic heterocycles. The Hall–Kier alpha value is -4.04. The van der Waals surface area contributed by atoms with Crippen molar-refractivity contribution in [2.24, 2.45) is 0 Å². The third-order valence-electron chi connectivity index (χ3n) is 5.17. The molecule has 0 saturated heterocycles. The summed E-state index contributed by atoms with van der Waals surface area (Å²) in [6.45, 7) is 4.04. The summed E-state index contributed by atoms with van der Waals surface area (Å²) in [7, 11) is 0. The number of para-hydroxylation sites is 1. The van der Waals surface area contributed by atoms with Gasteiger partial charge in [0.15, 0.2) is 0 Å². The number of benzene rings is 2. The van der Waals surface area contributed by atoms with Gasteiger partial charge >= 0.3 is 5.88 Å². The van der Waals surface area contributed by atoms with Crippen molar-refractivity contribution in [3.63, 3.8) is 0 Å². The van der Waals surface area contributed by atoms with Crippen LogP contribution in [0.4, 0.5) is 11.6 Å². The fourth-order valence-electron chi connectivity index (χ4n) is 3.49. The van der Waals surface area contributed by atoms with Gasteiger partial charge in [-0.15, -0.1) is 11.3 Å². The number of hydrogen-bond acceptors (Lipinski definition) is 6. The van der Waals surface area contributed by atoms with Crippen LogP contribution in [0.25, 0.3) is 27.2 Å². The average Bonchev–Trinajstić information content (AvgIpc) is 3.39. The molecule has 3 heterocycles. The van der Waals surface area contributed by atoms with Crippen LogP contribution in [0.2, 0.25) is 0 Å². The lowest BCUT2D eigenvalue weighted by Crippen LogP contribution is -2.31. The van der Waals surface area contributed by atoms with Crippen LogP contribution in [-0.4, -0.2) is 16.2 Å². The van der Waals surface area contributed by atoms with E-state index < -0.39 is 0 Å².